The van der Waals surface area contributed by atoms with E-state index < -0.39 is 28.5 Å². The maximum Gasteiger partial charge on any atom is 0.264 e. The topological polar surface area (TPSA) is 96.0 Å². The zero-order valence-corrected chi connectivity index (χ0v) is 28.8. The number of carbonyl (C=O) groups excluding carboxylic acids is 2. The van der Waals surface area contributed by atoms with Crippen molar-refractivity contribution in [1.29, 1.82) is 0 Å². The molecular formula is C37H40BrN3O5S. The first kappa shape index (κ1) is 34.2. The summed E-state index contributed by atoms with van der Waals surface area (Å²) in [7, 11) is -4.23. The van der Waals surface area contributed by atoms with Gasteiger partial charge in [0.15, 0.2) is 0 Å². The van der Waals surface area contributed by atoms with Crippen LogP contribution in [0.2, 0.25) is 0 Å². The van der Waals surface area contributed by atoms with E-state index in [0.29, 0.717) is 12.4 Å². The summed E-state index contributed by atoms with van der Waals surface area (Å²) in [6, 6.07) is 31.1. The number of ether oxygens (including phenoxy) is 1. The van der Waals surface area contributed by atoms with Crippen LogP contribution in [0.4, 0.5) is 5.69 Å². The summed E-state index contributed by atoms with van der Waals surface area (Å²) in [6.45, 7) is 1.67. The van der Waals surface area contributed by atoms with Crippen molar-refractivity contribution in [2.45, 2.75) is 62.6 Å². The van der Waals surface area contributed by atoms with E-state index in [9.17, 15) is 18.0 Å². The zero-order chi connectivity index (χ0) is 33.2. The van der Waals surface area contributed by atoms with E-state index in [2.05, 4.69) is 21.2 Å². The SMILES string of the molecule is CCOc1ccccc1N(CC(=O)N(Cc1cccc(Br)c1)[C@@H](Cc1ccccc1)C(=O)NC1CCCC1)S(=O)(=O)c1ccccc1. The number of carbonyl (C=O) groups is 2. The quantitative estimate of drug-likeness (QED) is 0.156. The van der Waals surface area contributed by atoms with Crippen LogP contribution in [0.5, 0.6) is 5.75 Å². The van der Waals surface area contributed by atoms with Crippen molar-refractivity contribution in [1.82, 2.24) is 10.2 Å². The number of nitrogens with zero attached hydrogens (tertiary/aromatic N) is 2. The van der Waals surface area contributed by atoms with Crippen LogP contribution < -0.4 is 14.4 Å². The van der Waals surface area contributed by atoms with Gasteiger partial charge in [-0.25, -0.2) is 8.42 Å². The normalized spacial score (nSPS) is 13.9. The Bertz CT molecular complexity index is 1750. The van der Waals surface area contributed by atoms with Crippen LogP contribution in [0.25, 0.3) is 0 Å². The lowest BCUT2D eigenvalue weighted by Gasteiger charge is -2.34. The molecule has 1 saturated carbocycles. The molecule has 47 heavy (non-hydrogen) atoms. The zero-order valence-electron chi connectivity index (χ0n) is 26.4. The lowest BCUT2D eigenvalue weighted by Crippen LogP contribution is -2.54. The number of nitrogens with one attached hydrogen (secondary N) is 1. The van der Waals surface area contributed by atoms with E-state index in [1.807, 2.05) is 61.5 Å². The van der Waals surface area contributed by atoms with Gasteiger partial charge < -0.3 is 15.0 Å². The van der Waals surface area contributed by atoms with Gasteiger partial charge in [0.05, 0.1) is 17.2 Å². The molecule has 5 rings (SSSR count). The maximum atomic E-state index is 14.7. The molecule has 10 heteroatoms. The van der Waals surface area contributed by atoms with E-state index in [1.54, 1.807) is 42.5 Å². The Balaban J connectivity index is 1.59. The summed E-state index contributed by atoms with van der Waals surface area (Å²) in [5.41, 5.74) is 1.93. The van der Waals surface area contributed by atoms with Gasteiger partial charge in [-0.3, -0.25) is 13.9 Å². The van der Waals surface area contributed by atoms with E-state index >= 15 is 0 Å². The number of amides is 2. The predicted molar refractivity (Wildman–Crippen MR) is 188 cm³/mol. The smallest absolute Gasteiger partial charge is 0.264 e. The van der Waals surface area contributed by atoms with Gasteiger partial charge in [0.25, 0.3) is 10.0 Å². The number of halogens is 1. The van der Waals surface area contributed by atoms with Gasteiger partial charge in [0, 0.05) is 23.5 Å². The van der Waals surface area contributed by atoms with Crippen molar-refractivity contribution in [2.24, 2.45) is 0 Å². The highest BCUT2D eigenvalue weighted by atomic mass is 79.9. The Morgan fingerprint density at radius 2 is 1.51 bits per heavy atom. The van der Waals surface area contributed by atoms with E-state index in [-0.39, 0.29) is 35.5 Å². The molecule has 0 saturated heterocycles. The Kier molecular flexibility index (Phi) is 11.7. The first-order valence-electron chi connectivity index (χ1n) is 15.9. The molecule has 4 aromatic rings. The van der Waals surface area contributed by atoms with Crippen molar-refractivity contribution >= 4 is 43.5 Å². The second kappa shape index (κ2) is 16.1. The number of hydrogen-bond acceptors (Lipinski definition) is 5. The highest BCUT2D eigenvalue weighted by Gasteiger charge is 2.36. The van der Waals surface area contributed by atoms with Crippen molar-refractivity contribution in [3.63, 3.8) is 0 Å². The number of anilines is 1. The van der Waals surface area contributed by atoms with Crippen molar-refractivity contribution in [3.8, 4) is 5.75 Å². The van der Waals surface area contributed by atoms with Crippen LogP contribution in [0.1, 0.15) is 43.7 Å². The fourth-order valence-electron chi connectivity index (χ4n) is 5.93. The molecule has 0 spiro atoms. The average molecular weight is 719 g/mol. The summed E-state index contributed by atoms with van der Waals surface area (Å²) in [4.78, 5) is 30.4. The Labute approximate surface area is 285 Å². The molecule has 2 amide bonds. The monoisotopic (exact) mass is 717 g/mol. The Morgan fingerprint density at radius 3 is 2.19 bits per heavy atom. The third-order valence-electron chi connectivity index (χ3n) is 8.26. The second-order valence-corrected chi connectivity index (χ2v) is 14.4. The number of rotatable bonds is 14. The van der Waals surface area contributed by atoms with Crippen molar-refractivity contribution in [2.75, 3.05) is 17.5 Å². The van der Waals surface area contributed by atoms with E-state index in [4.69, 9.17) is 4.74 Å². The molecule has 4 aromatic carbocycles. The molecule has 1 aliphatic carbocycles. The number of benzene rings is 4. The molecular weight excluding hydrogens is 678 g/mol. The van der Waals surface area contributed by atoms with Crippen LogP contribution in [0.15, 0.2) is 119 Å². The number of para-hydroxylation sites is 2. The van der Waals surface area contributed by atoms with E-state index in [0.717, 1.165) is 45.6 Å². The van der Waals surface area contributed by atoms with Gasteiger partial charge in [0.2, 0.25) is 11.8 Å². The molecule has 1 fully saturated rings. The highest BCUT2D eigenvalue weighted by Crippen LogP contribution is 2.33. The molecule has 1 N–H and O–H groups in total. The standard InChI is InChI=1S/C37H40BrN3O5S/c1-2-46-35-23-12-11-22-33(35)41(47(44,45)32-20-7-4-8-21-32)27-36(42)40(26-29-16-13-17-30(38)24-29)34(25-28-14-5-3-6-15-28)37(43)39-31-18-9-10-19-31/h3-8,11-17,20-24,31,34H,2,9-10,18-19,25-27H2,1H3,(H,39,43)/t34-/m0/s1. The average Bonchev–Trinajstić information content (AvgIpc) is 3.59. The molecule has 1 atom stereocenters. The lowest BCUT2D eigenvalue weighted by molar-refractivity contribution is -0.140. The van der Waals surface area contributed by atoms with Gasteiger partial charge in [-0.2, -0.15) is 0 Å². The third kappa shape index (κ3) is 8.81. The summed E-state index contributed by atoms with van der Waals surface area (Å²) in [5.74, 6) is -0.435. The molecule has 0 heterocycles. The predicted octanol–water partition coefficient (Wildman–Crippen LogP) is 6.74. The van der Waals surface area contributed by atoms with Gasteiger partial charge in [-0.1, -0.05) is 102 Å². The molecule has 0 aromatic heterocycles. The number of hydrogen-bond donors (Lipinski definition) is 1. The summed E-state index contributed by atoms with van der Waals surface area (Å²) in [5, 5.41) is 3.20. The lowest BCUT2D eigenvalue weighted by atomic mass is 10.0. The summed E-state index contributed by atoms with van der Waals surface area (Å²) in [6.07, 6.45) is 4.13. The molecule has 8 nitrogen and oxygen atoms in total. The number of sulfonamides is 1. The molecule has 246 valence electrons. The summed E-state index contributed by atoms with van der Waals surface area (Å²) < 4.78 is 36.3. The fourth-order valence-corrected chi connectivity index (χ4v) is 7.82. The highest BCUT2D eigenvalue weighted by molar-refractivity contribution is 9.10. The largest absolute Gasteiger partial charge is 0.492 e. The Hall–Kier alpha value is -4.15. The van der Waals surface area contributed by atoms with Crippen LogP contribution in [0, 0.1) is 0 Å². The van der Waals surface area contributed by atoms with Crippen molar-refractivity contribution < 1.29 is 22.7 Å². The minimum absolute atomic E-state index is 0.0385. The summed E-state index contributed by atoms with van der Waals surface area (Å²) >= 11 is 3.53. The van der Waals surface area contributed by atoms with Crippen LogP contribution in [0.3, 0.4) is 0 Å². The fraction of sp³-hybridized carbons (Fsp3) is 0.297. The van der Waals surface area contributed by atoms with Crippen LogP contribution >= 0.6 is 15.9 Å². The van der Waals surface area contributed by atoms with Crippen LogP contribution in [-0.2, 0) is 32.6 Å². The molecule has 0 unspecified atom stereocenters. The van der Waals surface area contributed by atoms with Gasteiger partial charge in [-0.15, -0.1) is 0 Å². The Morgan fingerprint density at radius 1 is 0.872 bits per heavy atom. The van der Waals surface area contributed by atoms with Crippen molar-refractivity contribution in [3.05, 3.63) is 125 Å². The molecule has 1 aliphatic rings. The first-order chi connectivity index (χ1) is 22.8. The van der Waals surface area contributed by atoms with Gasteiger partial charge >= 0.3 is 0 Å². The van der Waals surface area contributed by atoms with Crippen LogP contribution in [-0.4, -0.2) is 50.4 Å². The van der Waals surface area contributed by atoms with Gasteiger partial charge in [0.1, 0.15) is 18.3 Å². The second-order valence-electron chi connectivity index (χ2n) is 11.6. The van der Waals surface area contributed by atoms with E-state index in [1.165, 1.54) is 17.0 Å². The molecule has 0 bridgehead atoms. The molecule has 0 aliphatic heterocycles. The molecule has 0 radical (unpaired) electrons. The first-order valence-corrected chi connectivity index (χ1v) is 18.2. The third-order valence-corrected chi connectivity index (χ3v) is 10.5. The minimum Gasteiger partial charge on any atom is -0.492 e. The minimum atomic E-state index is -4.23. The van der Waals surface area contributed by atoms with Gasteiger partial charge in [-0.05, 0) is 67.3 Å². The maximum absolute atomic E-state index is 14.7.